The number of anilines is 1. The van der Waals surface area contributed by atoms with E-state index in [0.29, 0.717) is 5.69 Å². The van der Waals surface area contributed by atoms with Crippen LogP contribution in [0.25, 0.3) is 0 Å². The molecule has 1 unspecified atom stereocenters. The predicted molar refractivity (Wildman–Crippen MR) is 77.9 cm³/mol. The number of hydrogen-bond donors (Lipinski definition) is 1. The first-order valence-electron chi connectivity index (χ1n) is 6.54. The summed E-state index contributed by atoms with van der Waals surface area (Å²) in [7, 11) is 0. The molecule has 0 bridgehead atoms. The van der Waals surface area contributed by atoms with Crippen molar-refractivity contribution in [3.05, 3.63) is 40.4 Å². The standard InChI is InChI=1S/C14H10FN3O4S/c1-6(19)17-14-18-8-5-22-12(11(21)13(8)23-14)10(20)7-2-3-9(15)16-4-7/h2-4,12H,5H2,1H3,(H,17,18,19). The van der Waals surface area contributed by atoms with Gasteiger partial charge in [-0.3, -0.25) is 14.4 Å². The zero-order valence-corrected chi connectivity index (χ0v) is 12.6. The van der Waals surface area contributed by atoms with E-state index in [0.717, 1.165) is 23.6 Å². The molecular weight excluding hydrogens is 325 g/mol. The molecule has 3 heterocycles. The first-order valence-corrected chi connectivity index (χ1v) is 7.36. The van der Waals surface area contributed by atoms with Crippen molar-refractivity contribution in [2.45, 2.75) is 19.6 Å². The molecule has 3 rings (SSSR count). The van der Waals surface area contributed by atoms with Gasteiger partial charge in [-0.25, -0.2) is 9.97 Å². The van der Waals surface area contributed by atoms with Crippen LogP contribution in [0.15, 0.2) is 18.3 Å². The number of nitrogens with one attached hydrogen (secondary N) is 1. The van der Waals surface area contributed by atoms with Crippen LogP contribution >= 0.6 is 11.3 Å². The van der Waals surface area contributed by atoms with Gasteiger partial charge in [0, 0.05) is 18.7 Å². The molecule has 7 nitrogen and oxygen atoms in total. The van der Waals surface area contributed by atoms with Gasteiger partial charge in [0.25, 0.3) is 0 Å². The Morgan fingerprint density at radius 3 is 2.87 bits per heavy atom. The predicted octanol–water partition coefficient (Wildman–Crippen LogP) is 1.60. The summed E-state index contributed by atoms with van der Waals surface area (Å²) in [6, 6.07) is 2.28. The lowest BCUT2D eigenvalue weighted by Crippen LogP contribution is -2.36. The number of carbonyl (C=O) groups excluding carboxylic acids is 3. The lowest BCUT2D eigenvalue weighted by Gasteiger charge is -2.19. The molecule has 1 N–H and O–H groups in total. The number of Topliss-reactive ketones (excluding diaryl/α,β-unsaturated/α-hetero) is 2. The second-order valence-corrected chi connectivity index (χ2v) is 5.76. The molecule has 1 aliphatic heterocycles. The minimum Gasteiger partial charge on any atom is -0.355 e. The van der Waals surface area contributed by atoms with Gasteiger partial charge >= 0.3 is 0 Å². The second kappa shape index (κ2) is 5.94. The maximum absolute atomic E-state index is 12.8. The Morgan fingerprint density at radius 2 is 2.22 bits per heavy atom. The summed E-state index contributed by atoms with van der Waals surface area (Å²) in [5.41, 5.74) is 0.463. The van der Waals surface area contributed by atoms with E-state index in [-0.39, 0.29) is 28.1 Å². The third kappa shape index (κ3) is 3.01. The van der Waals surface area contributed by atoms with Crippen molar-refractivity contribution in [2.24, 2.45) is 0 Å². The molecular formula is C14H10FN3O4S. The van der Waals surface area contributed by atoms with Crippen molar-refractivity contribution in [3.63, 3.8) is 0 Å². The lowest BCUT2D eigenvalue weighted by molar-refractivity contribution is -0.114. The lowest BCUT2D eigenvalue weighted by atomic mass is 10.0. The molecule has 0 saturated carbocycles. The molecule has 1 atom stereocenters. The van der Waals surface area contributed by atoms with Crippen molar-refractivity contribution >= 4 is 33.9 Å². The highest BCUT2D eigenvalue weighted by atomic mass is 32.1. The summed E-state index contributed by atoms with van der Waals surface area (Å²) in [6.45, 7) is 1.30. The Labute approximate surface area is 133 Å². The number of ketones is 2. The zero-order valence-electron chi connectivity index (χ0n) is 11.8. The highest BCUT2D eigenvalue weighted by Gasteiger charge is 2.37. The number of aromatic nitrogens is 2. The number of nitrogens with zero attached hydrogens (tertiary/aromatic N) is 2. The normalized spacial score (nSPS) is 16.8. The van der Waals surface area contributed by atoms with E-state index in [1.165, 1.54) is 13.0 Å². The fraction of sp³-hybridized carbons (Fsp3) is 0.214. The number of thiazole rings is 1. The van der Waals surface area contributed by atoms with Crippen molar-refractivity contribution in [1.29, 1.82) is 0 Å². The van der Waals surface area contributed by atoms with Crippen LogP contribution in [0, 0.1) is 5.95 Å². The average molecular weight is 335 g/mol. The molecule has 0 saturated heterocycles. The number of pyridine rings is 1. The maximum Gasteiger partial charge on any atom is 0.223 e. The Kier molecular flexibility index (Phi) is 3.97. The van der Waals surface area contributed by atoms with Crippen molar-refractivity contribution in [1.82, 2.24) is 9.97 Å². The minimum absolute atomic E-state index is 0.0256. The number of carbonyl (C=O) groups is 3. The largest absolute Gasteiger partial charge is 0.355 e. The van der Waals surface area contributed by atoms with E-state index in [4.69, 9.17) is 4.74 Å². The first-order chi connectivity index (χ1) is 11.0. The highest BCUT2D eigenvalue weighted by molar-refractivity contribution is 7.17. The number of amides is 1. The quantitative estimate of drug-likeness (QED) is 0.520. The smallest absolute Gasteiger partial charge is 0.223 e. The van der Waals surface area contributed by atoms with Crippen LogP contribution in [-0.2, 0) is 16.1 Å². The van der Waals surface area contributed by atoms with Crippen molar-refractivity contribution < 1.29 is 23.5 Å². The Hall–Kier alpha value is -2.52. The van der Waals surface area contributed by atoms with Gasteiger partial charge in [-0.1, -0.05) is 11.3 Å². The summed E-state index contributed by atoms with van der Waals surface area (Å²) >= 11 is 0.990. The molecule has 0 aromatic carbocycles. The number of fused-ring (bicyclic) bond motifs is 1. The Balaban J connectivity index is 1.85. The second-order valence-electron chi connectivity index (χ2n) is 4.77. The fourth-order valence-corrected chi connectivity index (χ4v) is 3.04. The zero-order chi connectivity index (χ0) is 16.6. The molecule has 2 aromatic heterocycles. The van der Waals surface area contributed by atoms with Crippen LogP contribution in [0.5, 0.6) is 0 Å². The van der Waals surface area contributed by atoms with Gasteiger partial charge < -0.3 is 10.1 Å². The topological polar surface area (TPSA) is 98.2 Å². The van der Waals surface area contributed by atoms with Crippen molar-refractivity contribution in [2.75, 3.05) is 5.32 Å². The molecule has 0 aliphatic carbocycles. The number of hydrogen-bond acceptors (Lipinski definition) is 7. The summed E-state index contributed by atoms with van der Waals surface area (Å²) in [6.07, 6.45) is -0.264. The monoisotopic (exact) mass is 335 g/mol. The third-order valence-corrected chi connectivity index (χ3v) is 4.11. The van der Waals surface area contributed by atoms with Gasteiger partial charge in [0.15, 0.2) is 11.2 Å². The molecule has 0 spiro atoms. The molecule has 0 radical (unpaired) electrons. The number of halogens is 1. The van der Waals surface area contributed by atoms with E-state index in [2.05, 4.69) is 15.3 Å². The van der Waals surface area contributed by atoms with Gasteiger partial charge in [-0.05, 0) is 12.1 Å². The van der Waals surface area contributed by atoms with Gasteiger partial charge in [-0.15, -0.1) is 0 Å². The number of ether oxygens (including phenoxy) is 1. The van der Waals surface area contributed by atoms with Gasteiger partial charge in [0.1, 0.15) is 4.88 Å². The average Bonchev–Trinajstić information content (AvgIpc) is 2.90. The van der Waals surface area contributed by atoms with Gasteiger partial charge in [0.05, 0.1) is 12.3 Å². The van der Waals surface area contributed by atoms with Crippen LogP contribution in [0.3, 0.4) is 0 Å². The van der Waals surface area contributed by atoms with Crippen LogP contribution in [-0.4, -0.2) is 33.5 Å². The van der Waals surface area contributed by atoms with E-state index < -0.39 is 23.6 Å². The SMILES string of the molecule is CC(=O)Nc1nc2c(s1)C(=O)C(C(=O)c1ccc(F)nc1)OC2. The first kappa shape index (κ1) is 15.4. The van der Waals surface area contributed by atoms with E-state index in [9.17, 15) is 18.8 Å². The van der Waals surface area contributed by atoms with E-state index >= 15 is 0 Å². The molecule has 118 valence electrons. The van der Waals surface area contributed by atoms with Gasteiger partial charge in [0.2, 0.25) is 23.4 Å². The van der Waals surface area contributed by atoms with Crippen LogP contribution in [0.1, 0.15) is 32.6 Å². The molecule has 9 heteroatoms. The molecule has 2 aromatic rings. The summed E-state index contributed by atoms with van der Waals surface area (Å²) < 4.78 is 18.1. The molecule has 1 aliphatic rings. The van der Waals surface area contributed by atoms with Crippen LogP contribution < -0.4 is 5.32 Å². The minimum atomic E-state index is -1.32. The van der Waals surface area contributed by atoms with Crippen LogP contribution in [0.4, 0.5) is 9.52 Å². The number of rotatable bonds is 3. The van der Waals surface area contributed by atoms with Crippen LogP contribution in [0.2, 0.25) is 0 Å². The Bertz CT molecular complexity index is 803. The highest BCUT2D eigenvalue weighted by Crippen LogP contribution is 2.30. The van der Waals surface area contributed by atoms with Crippen molar-refractivity contribution in [3.8, 4) is 0 Å². The maximum atomic E-state index is 12.8. The van der Waals surface area contributed by atoms with Gasteiger partial charge in [-0.2, -0.15) is 4.39 Å². The van der Waals surface area contributed by atoms with E-state index in [1.807, 2.05) is 0 Å². The molecule has 0 fully saturated rings. The molecule has 23 heavy (non-hydrogen) atoms. The summed E-state index contributed by atoms with van der Waals surface area (Å²) in [4.78, 5) is 43.5. The summed E-state index contributed by atoms with van der Waals surface area (Å²) in [5.74, 6) is -2.16. The Morgan fingerprint density at radius 1 is 1.43 bits per heavy atom. The molecule has 1 amide bonds. The fourth-order valence-electron chi connectivity index (χ4n) is 2.07. The third-order valence-electron chi connectivity index (χ3n) is 3.08. The van der Waals surface area contributed by atoms with E-state index in [1.54, 1.807) is 0 Å². The summed E-state index contributed by atoms with van der Waals surface area (Å²) in [5, 5.41) is 2.76.